The molecule has 0 aliphatic carbocycles. The molecule has 0 saturated heterocycles. The average molecular weight is 390 g/mol. The first-order valence-corrected chi connectivity index (χ1v) is 8.68. The topological polar surface area (TPSA) is 56.2 Å². The molecule has 1 amide bonds. The highest BCUT2D eigenvalue weighted by Gasteiger charge is 2.12. The second-order valence-electron chi connectivity index (χ2n) is 5.84. The van der Waals surface area contributed by atoms with E-state index in [1.54, 1.807) is 30.5 Å². The third-order valence-corrected chi connectivity index (χ3v) is 4.58. The highest BCUT2D eigenvalue weighted by Crippen LogP contribution is 2.31. The van der Waals surface area contributed by atoms with Crippen LogP contribution in [0.4, 0.5) is 5.69 Å². The number of aryl methyl sites for hydroxylation is 2. The van der Waals surface area contributed by atoms with Crippen LogP contribution in [0.3, 0.4) is 0 Å². The van der Waals surface area contributed by atoms with Crippen LogP contribution in [0.2, 0.25) is 10.0 Å². The molecule has 0 unspecified atom stereocenters. The summed E-state index contributed by atoms with van der Waals surface area (Å²) in [4.78, 5) is 12.4. The van der Waals surface area contributed by atoms with Gasteiger partial charge in [0.05, 0.1) is 5.02 Å². The Morgan fingerprint density at radius 3 is 2.81 bits per heavy atom. The number of carbonyl (C=O) groups is 1. The molecule has 0 aliphatic rings. The van der Waals surface area contributed by atoms with Gasteiger partial charge in [0.2, 0.25) is 0 Å². The van der Waals surface area contributed by atoms with Crippen LogP contribution in [0.15, 0.2) is 48.7 Å². The Balaban J connectivity index is 1.66. The predicted molar refractivity (Wildman–Crippen MR) is 103 cm³/mol. The van der Waals surface area contributed by atoms with Gasteiger partial charge in [0.25, 0.3) is 5.91 Å². The van der Waals surface area contributed by atoms with Gasteiger partial charge < -0.3 is 10.1 Å². The summed E-state index contributed by atoms with van der Waals surface area (Å²) in [5.41, 5.74) is 3.13. The summed E-state index contributed by atoms with van der Waals surface area (Å²) in [6.45, 7) is 4.02. The van der Waals surface area contributed by atoms with Gasteiger partial charge in [-0.2, -0.15) is 5.10 Å². The number of amides is 1. The lowest BCUT2D eigenvalue weighted by Gasteiger charge is -2.09. The molecule has 0 aliphatic heterocycles. The zero-order valence-corrected chi connectivity index (χ0v) is 15.8. The summed E-state index contributed by atoms with van der Waals surface area (Å²) < 4.78 is 7.11. The largest absolute Gasteiger partial charge is 0.470 e. The Labute approximate surface area is 161 Å². The van der Waals surface area contributed by atoms with Gasteiger partial charge in [-0.05, 0) is 49.2 Å². The summed E-state index contributed by atoms with van der Waals surface area (Å²) in [5, 5.41) is 7.86. The minimum atomic E-state index is -0.279. The first-order valence-electron chi connectivity index (χ1n) is 7.93. The van der Waals surface area contributed by atoms with Crippen LogP contribution in [0, 0.1) is 13.8 Å². The van der Waals surface area contributed by atoms with E-state index in [1.807, 2.05) is 32.0 Å². The van der Waals surface area contributed by atoms with Crippen LogP contribution in [-0.2, 0) is 6.73 Å². The van der Waals surface area contributed by atoms with Gasteiger partial charge in [0.1, 0.15) is 10.8 Å². The predicted octanol–water partition coefficient (Wildman–Crippen LogP) is 5.10. The van der Waals surface area contributed by atoms with Crippen LogP contribution in [0.1, 0.15) is 21.6 Å². The number of anilines is 1. The molecule has 1 N–H and O–H groups in total. The SMILES string of the molecule is Cc1ccc(C)c(NC(=O)c2ccn(COc3cccc(Cl)c3Cl)n2)c1. The second kappa shape index (κ2) is 7.81. The minimum Gasteiger partial charge on any atom is -0.470 e. The fraction of sp³-hybridized carbons (Fsp3) is 0.158. The maximum atomic E-state index is 12.4. The van der Waals surface area contributed by atoms with E-state index in [2.05, 4.69) is 10.4 Å². The van der Waals surface area contributed by atoms with Crippen molar-refractivity contribution in [2.45, 2.75) is 20.6 Å². The molecule has 2 aromatic carbocycles. The molecule has 0 saturated carbocycles. The zero-order chi connectivity index (χ0) is 18.7. The minimum absolute atomic E-state index is 0.108. The van der Waals surface area contributed by atoms with E-state index in [1.165, 1.54) is 4.68 Å². The number of nitrogens with zero attached hydrogens (tertiary/aromatic N) is 2. The Morgan fingerprint density at radius 2 is 2.00 bits per heavy atom. The zero-order valence-electron chi connectivity index (χ0n) is 14.3. The van der Waals surface area contributed by atoms with Gasteiger partial charge in [-0.15, -0.1) is 0 Å². The average Bonchev–Trinajstić information content (AvgIpc) is 3.08. The van der Waals surface area contributed by atoms with E-state index < -0.39 is 0 Å². The molecule has 134 valence electrons. The molecular weight excluding hydrogens is 373 g/mol. The summed E-state index contributed by atoms with van der Waals surface area (Å²) in [7, 11) is 0. The van der Waals surface area contributed by atoms with Crippen molar-refractivity contribution in [3.63, 3.8) is 0 Å². The van der Waals surface area contributed by atoms with Crippen molar-refractivity contribution in [2.24, 2.45) is 0 Å². The first kappa shape index (κ1) is 18.3. The number of aromatic nitrogens is 2. The van der Waals surface area contributed by atoms with Gasteiger partial charge in [-0.3, -0.25) is 4.79 Å². The van der Waals surface area contributed by atoms with Gasteiger partial charge in [-0.25, -0.2) is 4.68 Å². The highest BCUT2D eigenvalue weighted by atomic mass is 35.5. The maximum absolute atomic E-state index is 12.4. The lowest BCUT2D eigenvalue weighted by atomic mass is 10.1. The summed E-state index contributed by atoms with van der Waals surface area (Å²) in [6, 6.07) is 12.7. The van der Waals surface area contributed by atoms with E-state index in [9.17, 15) is 4.79 Å². The molecule has 0 spiro atoms. The normalized spacial score (nSPS) is 10.6. The van der Waals surface area contributed by atoms with E-state index in [-0.39, 0.29) is 12.6 Å². The van der Waals surface area contributed by atoms with Gasteiger partial charge in [0, 0.05) is 11.9 Å². The number of hydrogen-bond acceptors (Lipinski definition) is 3. The molecule has 0 bridgehead atoms. The maximum Gasteiger partial charge on any atom is 0.276 e. The third kappa shape index (κ3) is 4.18. The third-order valence-electron chi connectivity index (χ3n) is 3.78. The van der Waals surface area contributed by atoms with Crippen molar-refractivity contribution in [1.29, 1.82) is 0 Å². The molecule has 5 nitrogen and oxygen atoms in total. The molecule has 0 radical (unpaired) electrons. The molecular formula is C19H17Cl2N3O2. The van der Waals surface area contributed by atoms with Gasteiger partial charge >= 0.3 is 0 Å². The Morgan fingerprint density at radius 1 is 1.19 bits per heavy atom. The molecule has 1 aromatic heterocycles. The van der Waals surface area contributed by atoms with E-state index in [0.29, 0.717) is 21.5 Å². The van der Waals surface area contributed by atoms with Crippen molar-refractivity contribution < 1.29 is 9.53 Å². The van der Waals surface area contributed by atoms with Crippen LogP contribution < -0.4 is 10.1 Å². The van der Waals surface area contributed by atoms with E-state index >= 15 is 0 Å². The van der Waals surface area contributed by atoms with Crippen molar-refractivity contribution in [3.05, 3.63) is 75.5 Å². The van der Waals surface area contributed by atoms with E-state index in [0.717, 1.165) is 16.8 Å². The van der Waals surface area contributed by atoms with Gasteiger partial charge in [0.15, 0.2) is 12.4 Å². The fourth-order valence-electron chi connectivity index (χ4n) is 2.34. The molecule has 3 aromatic rings. The summed E-state index contributed by atoms with van der Waals surface area (Å²) >= 11 is 12.0. The molecule has 7 heteroatoms. The van der Waals surface area contributed by atoms with Gasteiger partial charge in [-0.1, -0.05) is 41.4 Å². The number of halogens is 2. The van der Waals surface area contributed by atoms with Crippen LogP contribution in [0.5, 0.6) is 5.75 Å². The highest BCUT2D eigenvalue weighted by molar-refractivity contribution is 6.42. The first-order chi connectivity index (χ1) is 12.4. The number of nitrogens with one attached hydrogen (secondary N) is 1. The smallest absolute Gasteiger partial charge is 0.276 e. The quantitative estimate of drug-likeness (QED) is 0.660. The van der Waals surface area contributed by atoms with Crippen LogP contribution in [0.25, 0.3) is 0 Å². The Bertz CT molecular complexity index is 954. The van der Waals surface area contributed by atoms with Crippen molar-refractivity contribution in [1.82, 2.24) is 9.78 Å². The van der Waals surface area contributed by atoms with Crippen molar-refractivity contribution in [3.8, 4) is 5.75 Å². The molecule has 26 heavy (non-hydrogen) atoms. The standard InChI is InChI=1S/C19H17Cl2N3O2/c1-12-6-7-13(2)16(10-12)22-19(25)15-8-9-24(23-15)11-26-17-5-3-4-14(20)18(17)21/h3-10H,11H2,1-2H3,(H,22,25). The monoisotopic (exact) mass is 389 g/mol. The molecule has 3 rings (SSSR count). The number of benzene rings is 2. The molecule has 1 heterocycles. The Hall–Kier alpha value is -2.50. The summed E-state index contributed by atoms with van der Waals surface area (Å²) in [5.74, 6) is 0.175. The molecule has 0 atom stereocenters. The summed E-state index contributed by atoms with van der Waals surface area (Å²) in [6.07, 6.45) is 1.66. The lowest BCUT2D eigenvalue weighted by molar-refractivity contribution is 0.102. The van der Waals surface area contributed by atoms with Crippen molar-refractivity contribution >= 4 is 34.8 Å². The van der Waals surface area contributed by atoms with Crippen LogP contribution >= 0.6 is 23.2 Å². The lowest BCUT2D eigenvalue weighted by Crippen LogP contribution is -2.15. The number of ether oxygens (including phenoxy) is 1. The number of carbonyl (C=O) groups excluding carboxylic acids is 1. The fourth-order valence-corrected chi connectivity index (χ4v) is 2.69. The number of rotatable bonds is 5. The molecule has 0 fully saturated rings. The van der Waals surface area contributed by atoms with Crippen LogP contribution in [-0.4, -0.2) is 15.7 Å². The van der Waals surface area contributed by atoms with Crippen molar-refractivity contribution in [2.75, 3.05) is 5.32 Å². The second-order valence-corrected chi connectivity index (χ2v) is 6.62. The van der Waals surface area contributed by atoms with E-state index in [4.69, 9.17) is 27.9 Å². The Kier molecular flexibility index (Phi) is 5.49. The number of hydrogen-bond donors (Lipinski definition) is 1.